The molecule has 0 saturated heterocycles. The fourth-order valence-electron chi connectivity index (χ4n) is 1.89. The van der Waals surface area contributed by atoms with Crippen molar-refractivity contribution in [1.82, 2.24) is 0 Å². The Morgan fingerprint density at radius 2 is 2.06 bits per heavy atom. The predicted octanol–water partition coefficient (Wildman–Crippen LogP) is 2.00. The van der Waals surface area contributed by atoms with E-state index in [1.165, 1.54) is 6.07 Å². The lowest BCUT2D eigenvalue weighted by Crippen LogP contribution is -2.12. The van der Waals surface area contributed by atoms with Crippen LogP contribution >= 0.6 is 0 Å². The summed E-state index contributed by atoms with van der Waals surface area (Å²) in [6.07, 6.45) is 1.74. The molecule has 1 aromatic carbocycles. The summed E-state index contributed by atoms with van der Waals surface area (Å²) < 4.78 is 11.1. The van der Waals surface area contributed by atoms with E-state index in [2.05, 4.69) is 0 Å². The van der Waals surface area contributed by atoms with Gasteiger partial charge in [0.15, 0.2) is 11.5 Å². The molecule has 2 rings (SSSR count). The largest absolute Gasteiger partial charge is 0.490 e. The molecular formula is C13H13NO4. The van der Waals surface area contributed by atoms with Crippen LogP contribution < -0.4 is 9.47 Å². The highest BCUT2D eigenvalue weighted by atomic mass is 16.5. The Bertz CT molecular complexity index is 504. The first kappa shape index (κ1) is 12.2. The van der Waals surface area contributed by atoms with Crippen molar-refractivity contribution in [3.63, 3.8) is 0 Å². The van der Waals surface area contributed by atoms with Gasteiger partial charge in [-0.1, -0.05) is 0 Å². The second kappa shape index (κ2) is 5.41. The fourth-order valence-corrected chi connectivity index (χ4v) is 1.89. The van der Waals surface area contributed by atoms with Crippen molar-refractivity contribution < 1.29 is 19.4 Å². The van der Waals surface area contributed by atoms with E-state index in [-0.39, 0.29) is 12.0 Å². The zero-order chi connectivity index (χ0) is 13.0. The van der Waals surface area contributed by atoms with E-state index in [1.54, 1.807) is 6.07 Å². The third-order valence-electron chi connectivity index (χ3n) is 2.75. The van der Waals surface area contributed by atoms with E-state index in [9.17, 15) is 4.79 Å². The predicted molar refractivity (Wildman–Crippen MR) is 62.9 cm³/mol. The Kier molecular flexibility index (Phi) is 3.68. The number of nitrogens with zero attached hydrogens (tertiary/aromatic N) is 1. The molecule has 0 amide bonds. The lowest BCUT2D eigenvalue weighted by molar-refractivity contribution is 0.0695. The van der Waals surface area contributed by atoms with E-state index in [0.717, 1.165) is 12.8 Å². The van der Waals surface area contributed by atoms with Crippen molar-refractivity contribution in [3.8, 4) is 17.6 Å². The van der Waals surface area contributed by atoms with Gasteiger partial charge in [0.05, 0.1) is 31.3 Å². The standard InChI is InChI=1S/C13H13NO4/c14-6-5-9-10(13(15)16)3-4-11-12(9)18-8-2-1-7-17-11/h3-4H,1-2,5,7-8H2,(H,15,16). The maximum Gasteiger partial charge on any atom is 0.336 e. The van der Waals surface area contributed by atoms with Gasteiger partial charge in [-0.05, 0) is 25.0 Å². The first-order valence-electron chi connectivity index (χ1n) is 5.75. The first-order chi connectivity index (χ1) is 8.74. The van der Waals surface area contributed by atoms with Gasteiger partial charge in [-0.25, -0.2) is 4.79 Å². The minimum Gasteiger partial charge on any atom is -0.490 e. The van der Waals surface area contributed by atoms with Gasteiger partial charge in [-0.3, -0.25) is 0 Å². The van der Waals surface area contributed by atoms with Gasteiger partial charge in [0.2, 0.25) is 0 Å². The third-order valence-corrected chi connectivity index (χ3v) is 2.75. The maximum atomic E-state index is 11.1. The fraction of sp³-hybridized carbons (Fsp3) is 0.385. The van der Waals surface area contributed by atoms with E-state index in [0.29, 0.717) is 30.3 Å². The molecule has 94 valence electrons. The van der Waals surface area contributed by atoms with Crippen LogP contribution in [-0.4, -0.2) is 24.3 Å². The highest BCUT2D eigenvalue weighted by molar-refractivity contribution is 5.91. The summed E-state index contributed by atoms with van der Waals surface area (Å²) in [6, 6.07) is 5.01. The summed E-state index contributed by atoms with van der Waals surface area (Å²) >= 11 is 0. The molecule has 0 atom stereocenters. The second-order valence-electron chi connectivity index (χ2n) is 3.96. The molecule has 0 unspecified atom stereocenters. The number of benzene rings is 1. The Morgan fingerprint density at radius 3 is 2.72 bits per heavy atom. The molecule has 0 spiro atoms. The first-order valence-corrected chi connectivity index (χ1v) is 5.75. The monoisotopic (exact) mass is 247 g/mol. The molecule has 0 fully saturated rings. The third kappa shape index (κ3) is 2.38. The van der Waals surface area contributed by atoms with E-state index in [4.69, 9.17) is 19.8 Å². The normalized spacial score (nSPS) is 14.2. The van der Waals surface area contributed by atoms with Crippen LogP contribution in [0, 0.1) is 11.3 Å². The van der Waals surface area contributed by atoms with Crippen molar-refractivity contribution in [2.24, 2.45) is 0 Å². The molecule has 18 heavy (non-hydrogen) atoms. The average Bonchev–Trinajstić information content (AvgIpc) is 2.30. The molecule has 1 N–H and O–H groups in total. The minimum atomic E-state index is -1.06. The topological polar surface area (TPSA) is 79.6 Å². The number of carboxylic acid groups (broad SMARTS) is 1. The summed E-state index contributed by atoms with van der Waals surface area (Å²) in [6.45, 7) is 1.09. The molecule has 0 radical (unpaired) electrons. The van der Waals surface area contributed by atoms with Gasteiger partial charge in [0.1, 0.15) is 0 Å². The van der Waals surface area contributed by atoms with Crippen LogP contribution in [-0.2, 0) is 6.42 Å². The summed E-state index contributed by atoms with van der Waals surface area (Å²) in [5.41, 5.74) is 0.490. The summed E-state index contributed by atoms with van der Waals surface area (Å²) in [4.78, 5) is 11.1. The number of rotatable bonds is 2. The van der Waals surface area contributed by atoms with Crippen LogP contribution in [0.5, 0.6) is 11.5 Å². The Hall–Kier alpha value is -2.22. The van der Waals surface area contributed by atoms with Crippen LogP contribution in [0.2, 0.25) is 0 Å². The van der Waals surface area contributed by atoms with Crippen molar-refractivity contribution in [1.29, 1.82) is 5.26 Å². The zero-order valence-electron chi connectivity index (χ0n) is 9.81. The molecule has 0 saturated carbocycles. The Morgan fingerprint density at radius 1 is 1.33 bits per heavy atom. The minimum absolute atomic E-state index is 0.00579. The number of carbonyl (C=O) groups is 1. The quantitative estimate of drug-likeness (QED) is 0.864. The van der Waals surface area contributed by atoms with Crippen LogP contribution in [0.25, 0.3) is 0 Å². The van der Waals surface area contributed by atoms with Gasteiger partial charge >= 0.3 is 5.97 Å². The SMILES string of the molecule is N#CCc1c(C(=O)O)ccc2c1OCCCCO2. The van der Waals surface area contributed by atoms with E-state index < -0.39 is 5.97 Å². The summed E-state index contributed by atoms with van der Waals surface area (Å²) in [5.74, 6) is -0.144. The zero-order valence-corrected chi connectivity index (χ0v) is 9.81. The van der Waals surface area contributed by atoms with Crippen LogP contribution in [0.15, 0.2) is 12.1 Å². The van der Waals surface area contributed by atoms with Gasteiger partial charge in [0, 0.05) is 5.56 Å². The number of fused-ring (bicyclic) bond motifs is 1. The van der Waals surface area contributed by atoms with Crippen LogP contribution in [0.4, 0.5) is 0 Å². The summed E-state index contributed by atoms with van der Waals surface area (Å²) in [5, 5.41) is 17.9. The molecule has 1 aliphatic rings. The van der Waals surface area contributed by atoms with Crippen LogP contribution in [0.1, 0.15) is 28.8 Å². The Labute approximate surface area is 105 Å². The van der Waals surface area contributed by atoms with Crippen molar-refractivity contribution in [2.45, 2.75) is 19.3 Å². The molecular weight excluding hydrogens is 234 g/mol. The van der Waals surface area contributed by atoms with Gasteiger partial charge in [0.25, 0.3) is 0 Å². The van der Waals surface area contributed by atoms with Crippen molar-refractivity contribution >= 4 is 5.97 Å². The number of hydrogen-bond donors (Lipinski definition) is 1. The van der Waals surface area contributed by atoms with Crippen LogP contribution in [0.3, 0.4) is 0 Å². The highest BCUT2D eigenvalue weighted by Gasteiger charge is 2.20. The molecule has 1 aliphatic heterocycles. The molecule has 0 aliphatic carbocycles. The summed E-state index contributed by atoms with van der Waals surface area (Å²) in [7, 11) is 0. The maximum absolute atomic E-state index is 11.1. The Balaban J connectivity index is 2.52. The van der Waals surface area contributed by atoms with E-state index >= 15 is 0 Å². The van der Waals surface area contributed by atoms with Gasteiger partial charge in [-0.15, -0.1) is 0 Å². The number of aromatic carboxylic acids is 1. The van der Waals surface area contributed by atoms with E-state index in [1.807, 2.05) is 6.07 Å². The van der Waals surface area contributed by atoms with Gasteiger partial charge < -0.3 is 14.6 Å². The number of ether oxygens (including phenoxy) is 2. The highest BCUT2D eigenvalue weighted by Crippen LogP contribution is 2.35. The molecule has 0 aromatic heterocycles. The molecule has 1 heterocycles. The van der Waals surface area contributed by atoms with Gasteiger partial charge in [-0.2, -0.15) is 5.26 Å². The van der Waals surface area contributed by atoms with Crippen molar-refractivity contribution in [2.75, 3.05) is 13.2 Å². The molecule has 1 aromatic rings. The molecule has 5 heteroatoms. The molecule has 5 nitrogen and oxygen atoms in total. The van der Waals surface area contributed by atoms with Crippen molar-refractivity contribution in [3.05, 3.63) is 23.3 Å². The number of carboxylic acids is 1. The number of nitriles is 1. The smallest absolute Gasteiger partial charge is 0.336 e. The lowest BCUT2D eigenvalue weighted by Gasteiger charge is -2.19. The number of hydrogen-bond acceptors (Lipinski definition) is 4. The second-order valence-corrected chi connectivity index (χ2v) is 3.96. The lowest BCUT2D eigenvalue weighted by atomic mass is 10.0. The molecule has 0 bridgehead atoms. The average molecular weight is 247 g/mol.